The summed E-state index contributed by atoms with van der Waals surface area (Å²) >= 11 is 0. The Bertz CT molecular complexity index is 1310. The molecule has 2 aromatic carbocycles. The lowest BCUT2D eigenvalue weighted by atomic mass is 9.71. The molecule has 9 heteroatoms. The number of aliphatic carboxylic acids is 1. The van der Waals surface area contributed by atoms with Crippen molar-refractivity contribution in [2.75, 3.05) is 19.6 Å². The first-order chi connectivity index (χ1) is 19.5. The topological polar surface area (TPSA) is 107 Å². The van der Waals surface area contributed by atoms with Crippen molar-refractivity contribution in [1.82, 2.24) is 14.7 Å². The number of amides is 3. The third-order valence-electron chi connectivity index (χ3n) is 8.62. The van der Waals surface area contributed by atoms with E-state index in [1.54, 1.807) is 25.7 Å². The highest BCUT2D eigenvalue weighted by molar-refractivity contribution is 5.93. The number of hydrogen-bond acceptors (Lipinski definition) is 5. The molecule has 3 aliphatic rings. The maximum absolute atomic E-state index is 14.5. The van der Waals surface area contributed by atoms with Crippen LogP contribution in [0.25, 0.3) is 0 Å². The van der Waals surface area contributed by atoms with Gasteiger partial charge in [0, 0.05) is 32.6 Å². The number of likely N-dealkylation sites (tertiary alicyclic amines) is 2. The zero-order valence-electron chi connectivity index (χ0n) is 24.0. The molecule has 0 unspecified atom stereocenters. The third-order valence-corrected chi connectivity index (χ3v) is 8.62. The van der Waals surface area contributed by atoms with Crippen LogP contribution < -0.4 is 0 Å². The van der Waals surface area contributed by atoms with Crippen LogP contribution in [0, 0.1) is 0 Å². The van der Waals surface area contributed by atoms with Gasteiger partial charge in [-0.25, -0.2) is 9.59 Å². The number of fused-ring (bicyclic) bond motifs is 1. The summed E-state index contributed by atoms with van der Waals surface area (Å²) in [6, 6.07) is 15.6. The van der Waals surface area contributed by atoms with E-state index in [2.05, 4.69) is 0 Å². The molecule has 9 nitrogen and oxygen atoms in total. The van der Waals surface area contributed by atoms with Gasteiger partial charge in [0.2, 0.25) is 11.8 Å². The highest BCUT2D eigenvalue weighted by Gasteiger charge is 2.50. The van der Waals surface area contributed by atoms with Crippen molar-refractivity contribution < 1.29 is 29.0 Å². The molecule has 0 saturated carbocycles. The molecule has 3 amide bonds. The van der Waals surface area contributed by atoms with Crippen molar-refractivity contribution in [3.8, 4) is 0 Å². The average Bonchev–Trinajstić information content (AvgIpc) is 3.46. The fraction of sp³-hybridized carbons (Fsp3) is 0.500. The van der Waals surface area contributed by atoms with Crippen molar-refractivity contribution in [2.45, 2.75) is 82.5 Å². The zero-order chi connectivity index (χ0) is 29.4. The monoisotopic (exact) mass is 561 g/mol. The van der Waals surface area contributed by atoms with Gasteiger partial charge in [-0.15, -0.1) is 0 Å². The van der Waals surface area contributed by atoms with Crippen LogP contribution >= 0.6 is 0 Å². The SMILES string of the molecule is CC(C)(C)OC(=O)N1CCC[C@H]1C(=O)N1CCC(C(=O)N2Cc3ccccc3C[C@H]2C(=O)O)(c2ccccc2)CC1. The molecule has 0 radical (unpaired) electrons. The van der Waals surface area contributed by atoms with Crippen molar-refractivity contribution in [3.05, 3.63) is 71.3 Å². The Hall–Kier alpha value is -3.88. The lowest BCUT2D eigenvalue weighted by Gasteiger charge is -2.46. The van der Waals surface area contributed by atoms with E-state index in [1.165, 1.54) is 9.80 Å². The van der Waals surface area contributed by atoms with Gasteiger partial charge < -0.3 is 19.6 Å². The molecule has 41 heavy (non-hydrogen) atoms. The van der Waals surface area contributed by atoms with Gasteiger partial charge in [-0.1, -0.05) is 54.6 Å². The minimum Gasteiger partial charge on any atom is -0.480 e. The predicted molar refractivity (Wildman–Crippen MR) is 152 cm³/mol. The van der Waals surface area contributed by atoms with Crippen molar-refractivity contribution >= 4 is 23.9 Å². The van der Waals surface area contributed by atoms with Crippen LogP contribution in [0.2, 0.25) is 0 Å². The number of carbonyl (C=O) groups excluding carboxylic acids is 3. The van der Waals surface area contributed by atoms with E-state index in [0.717, 1.165) is 23.1 Å². The molecule has 0 spiro atoms. The molecule has 2 saturated heterocycles. The number of ether oxygens (including phenoxy) is 1. The summed E-state index contributed by atoms with van der Waals surface area (Å²) in [5.41, 5.74) is 1.12. The molecule has 2 atom stereocenters. The number of rotatable bonds is 4. The molecule has 1 N–H and O–H groups in total. The minimum atomic E-state index is -1.02. The van der Waals surface area contributed by atoms with Crippen LogP contribution in [0.3, 0.4) is 0 Å². The Labute approximate surface area is 241 Å². The molecule has 3 aliphatic heterocycles. The normalized spacial score (nSPS) is 22.2. The third kappa shape index (κ3) is 5.67. The van der Waals surface area contributed by atoms with Gasteiger partial charge in [0.05, 0.1) is 5.41 Å². The Kier molecular flexibility index (Phi) is 7.81. The summed E-state index contributed by atoms with van der Waals surface area (Å²) < 4.78 is 5.55. The lowest BCUT2D eigenvalue weighted by Crippen LogP contribution is -2.59. The number of carboxylic acids is 1. The summed E-state index contributed by atoms with van der Waals surface area (Å²) in [6.07, 6.45) is 1.81. The molecule has 0 bridgehead atoms. The van der Waals surface area contributed by atoms with Crippen LogP contribution in [0.4, 0.5) is 4.79 Å². The smallest absolute Gasteiger partial charge is 0.410 e. The Balaban J connectivity index is 1.38. The van der Waals surface area contributed by atoms with E-state index < -0.39 is 35.2 Å². The van der Waals surface area contributed by atoms with Gasteiger partial charge in [0.1, 0.15) is 17.7 Å². The number of hydrogen-bond donors (Lipinski definition) is 1. The standard InChI is InChI=1S/C32H39N3O6/c1-31(2,3)41-30(40)34-17-9-14-25(34)27(36)33-18-15-32(16-19-33,24-12-5-4-6-13-24)29(39)35-21-23-11-8-7-10-22(23)20-26(35)28(37)38/h4-8,10-13,25-26H,9,14-21H2,1-3H3,(H,37,38)/t25-,26-/m0/s1. The second kappa shape index (κ2) is 11.2. The summed E-state index contributed by atoms with van der Waals surface area (Å²) in [6.45, 7) is 6.78. The fourth-order valence-corrected chi connectivity index (χ4v) is 6.50. The van der Waals surface area contributed by atoms with Crippen LogP contribution in [0.15, 0.2) is 54.6 Å². The average molecular weight is 562 g/mol. The number of nitrogens with zero attached hydrogens (tertiary/aromatic N) is 3. The second-order valence-corrected chi connectivity index (χ2v) is 12.4. The maximum atomic E-state index is 14.5. The molecule has 0 aromatic heterocycles. The van der Waals surface area contributed by atoms with Gasteiger partial charge in [-0.3, -0.25) is 14.5 Å². The van der Waals surface area contributed by atoms with E-state index in [9.17, 15) is 24.3 Å². The minimum absolute atomic E-state index is 0.127. The first kappa shape index (κ1) is 28.6. The van der Waals surface area contributed by atoms with Crippen molar-refractivity contribution in [1.29, 1.82) is 0 Å². The number of carboxylic acid groups (broad SMARTS) is 1. The molecular formula is C32H39N3O6. The van der Waals surface area contributed by atoms with Gasteiger partial charge in [0.25, 0.3) is 0 Å². The number of carbonyl (C=O) groups is 4. The summed E-state index contributed by atoms with van der Waals surface area (Å²) in [5, 5.41) is 10.1. The molecule has 2 aromatic rings. The van der Waals surface area contributed by atoms with E-state index in [0.29, 0.717) is 38.9 Å². The molecule has 5 rings (SSSR count). The first-order valence-electron chi connectivity index (χ1n) is 14.4. The van der Waals surface area contributed by atoms with Crippen LogP contribution in [0.5, 0.6) is 0 Å². The summed E-state index contributed by atoms with van der Waals surface area (Å²) in [5.74, 6) is -1.36. The Morgan fingerprint density at radius 3 is 2.12 bits per heavy atom. The number of benzene rings is 2. The largest absolute Gasteiger partial charge is 0.480 e. The zero-order valence-corrected chi connectivity index (χ0v) is 24.0. The molecular weight excluding hydrogens is 522 g/mol. The van der Waals surface area contributed by atoms with Gasteiger partial charge in [0.15, 0.2) is 0 Å². The highest BCUT2D eigenvalue weighted by Crippen LogP contribution is 2.40. The first-order valence-corrected chi connectivity index (χ1v) is 14.4. The quantitative estimate of drug-likeness (QED) is 0.605. The van der Waals surface area contributed by atoms with Crippen molar-refractivity contribution in [2.24, 2.45) is 0 Å². The summed E-state index contributed by atoms with van der Waals surface area (Å²) in [4.78, 5) is 58.2. The lowest BCUT2D eigenvalue weighted by molar-refractivity contribution is -0.156. The molecule has 2 fully saturated rings. The molecule has 218 valence electrons. The van der Waals surface area contributed by atoms with Gasteiger partial charge in [-0.05, 0) is 63.1 Å². The van der Waals surface area contributed by atoms with Crippen molar-refractivity contribution in [3.63, 3.8) is 0 Å². The van der Waals surface area contributed by atoms with E-state index >= 15 is 0 Å². The van der Waals surface area contributed by atoms with E-state index in [-0.39, 0.29) is 24.8 Å². The number of piperidine rings is 1. The van der Waals surface area contributed by atoms with Gasteiger partial charge in [-0.2, -0.15) is 0 Å². The van der Waals surface area contributed by atoms with E-state index in [4.69, 9.17) is 4.74 Å². The Morgan fingerprint density at radius 2 is 1.49 bits per heavy atom. The van der Waals surface area contributed by atoms with Crippen LogP contribution in [-0.2, 0) is 37.5 Å². The molecule has 0 aliphatic carbocycles. The highest BCUT2D eigenvalue weighted by atomic mass is 16.6. The fourth-order valence-electron chi connectivity index (χ4n) is 6.50. The molecule has 3 heterocycles. The van der Waals surface area contributed by atoms with Crippen LogP contribution in [-0.4, -0.2) is 81.0 Å². The van der Waals surface area contributed by atoms with E-state index in [1.807, 2.05) is 54.6 Å². The summed E-state index contributed by atoms with van der Waals surface area (Å²) in [7, 11) is 0. The van der Waals surface area contributed by atoms with Crippen LogP contribution in [0.1, 0.15) is 63.1 Å². The Morgan fingerprint density at radius 1 is 0.854 bits per heavy atom. The predicted octanol–water partition coefficient (Wildman–Crippen LogP) is 3.98. The van der Waals surface area contributed by atoms with Gasteiger partial charge >= 0.3 is 12.1 Å². The second-order valence-electron chi connectivity index (χ2n) is 12.4. The maximum Gasteiger partial charge on any atom is 0.410 e.